The number of carbonyl (C=O) groups excluding carboxylic acids is 1. The van der Waals surface area contributed by atoms with Crippen molar-refractivity contribution in [3.8, 4) is 0 Å². The Morgan fingerprint density at radius 3 is 2.67 bits per heavy atom. The Bertz CT molecular complexity index is 296. The summed E-state index contributed by atoms with van der Waals surface area (Å²) < 4.78 is 0. The summed E-state index contributed by atoms with van der Waals surface area (Å²) in [6, 6.07) is 0. The van der Waals surface area contributed by atoms with Crippen molar-refractivity contribution >= 4 is 5.78 Å². The third kappa shape index (κ3) is 3.05. The van der Waals surface area contributed by atoms with Crippen molar-refractivity contribution in [3.05, 3.63) is 23.3 Å². The van der Waals surface area contributed by atoms with Crippen molar-refractivity contribution in [1.29, 1.82) is 0 Å². The van der Waals surface area contributed by atoms with Gasteiger partial charge >= 0.3 is 0 Å². The topological polar surface area (TPSA) is 17.1 Å². The molecular weight excluding hydrogens is 184 g/mol. The van der Waals surface area contributed by atoms with Gasteiger partial charge in [0.25, 0.3) is 0 Å². The molecule has 0 aromatic rings. The van der Waals surface area contributed by atoms with Gasteiger partial charge in [-0.2, -0.15) is 0 Å². The summed E-state index contributed by atoms with van der Waals surface area (Å²) >= 11 is 0. The van der Waals surface area contributed by atoms with Crippen LogP contribution in [0.3, 0.4) is 0 Å². The van der Waals surface area contributed by atoms with E-state index in [1.165, 1.54) is 36.8 Å². The summed E-state index contributed by atoms with van der Waals surface area (Å²) in [5.74, 6) is 0.313. The first-order valence-electron chi connectivity index (χ1n) is 6.20. The summed E-state index contributed by atoms with van der Waals surface area (Å²) in [5.41, 5.74) is 2.64. The van der Waals surface area contributed by atoms with E-state index < -0.39 is 0 Å². The number of carbonyl (C=O) groups is 1. The van der Waals surface area contributed by atoms with Gasteiger partial charge in [0.2, 0.25) is 0 Å². The molecule has 0 atom stereocenters. The van der Waals surface area contributed by atoms with Crippen LogP contribution in [0.15, 0.2) is 17.2 Å². The Morgan fingerprint density at radius 2 is 1.80 bits per heavy atom. The third-order valence-corrected chi connectivity index (χ3v) is 3.28. The maximum Gasteiger partial charge on any atom is 0.155 e. The lowest BCUT2D eigenvalue weighted by molar-refractivity contribution is -0.115. The summed E-state index contributed by atoms with van der Waals surface area (Å²) in [6.45, 7) is 0. The van der Waals surface area contributed by atoms with E-state index in [9.17, 15) is 4.79 Å². The molecule has 2 rings (SSSR count). The van der Waals surface area contributed by atoms with Gasteiger partial charge in [-0.1, -0.05) is 12.8 Å². The maximum absolute atomic E-state index is 11.4. The minimum Gasteiger partial charge on any atom is -0.295 e. The van der Waals surface area contributed by atoms with Gasteiger partial charge < -0.3 is 0 Å². The fourth-order valence-corrected chi connectivity index (χ4v) is 2.41. The minimum atomic E-state index is 0.313. The van der Waals surface area contributed by atoms with Crippen LogP contribution >= 0.6 is 0 Å². The van der Waals surface area contributed by atoms with Crippen LogP contribution in [-0.4, -0.2) is 5.78 Å². The van der Waals surface area contributed by atoms with Gasteiger partial charge in [-0.15, -0.1) is 0 Å². The molecule has 81 valence electrons. The van der Waals surface area contributed by atoms with Gasteiger partial charge in [0.05, 0.1) is 0 Å². The Balaban J connectivity index is 2.09. The number of hydrogen-bond donors (Lipinski definition) is 0. The van der Waals surface area contributed by atoms with Crippen LogP contribution in [0, 0.1) is 6.08 Å². The minimum absolute atomic E-state index is 0.313. The third-order valence-electron chi connectivity index (χ3n) is 3.28. The Kier molecular flexibility index (Phi) is 3.76. The van der Waals surface area contributed by atoms with E-state index in [2.05, 4.69) is 6.08 Å². The fourth-order valence-electron chi connectivity index (χ4n) is 2.41. The SMILES string of the molecule is O=C1C=C(/C2=[C]/CCCCCC2)CCC1. The monoisotopic (exact) mass is 203 g/mol. The largest absolute Gasteiger partial charge is 0.295 e. The Labute approximate surface area is 92.3 Å². The van der Waals surface area contributed by atoms with Crippen molar-refractivity contribution in [2.45, 2.75) is 57.8 Å². The molecule has 0 bridgehead atoms. The number of allylic oxidation sites excluding steroid dienone is 4. The lowest BCUT2D eigenvalue weighted by Gasteiger charge is -2.17. The molecule has 0 N–H and O–H groups in total. The quantitative estimate of drug-likeness (QED) is 0.634. The van der Waals surface area contributed by atoms with Gasteiger partial charge in [-0.05, 0) is 61.8 Å². The predicted molar refractivity (Wildman–Crippen MR) is 61.4 cm³/mol. The Hall–Kier alpha value is -0.850. The fraction of sp³-hybridized carbons (Fsp3) is 0.643. The summed E-state index contributed by atoms with van der Waals surface area (Å²) in [5, 5.41) is 0. The highest BCUT2D eigenvalue weighted by atomic mass is 16.1. The molecule has 1 heteroatoms. The molecule has 2 aliphatic carbocycles. The summed E-state index contributed by atoms with van der Waals surface area (Å²) in [7, 11) is 0. The lowest BCUT2D eigenvalue weighted by Crippen LogP contribution is -2.05. The molecule has 0 unspecified atom stereocenters. The first-order valence-corrected chi connectivity index (χ1v) is 6.20. The zero-order chi connectivity index (χ0) is 10.5. The second-order valence-electron chi connectivity index (χ2n) is 4.56. The van der Waals surface area contributed by atoms with Crippen LogP contribution in [0.4, 0.5) is 0 Å². The van der Waals surface area contributed by atoms with Crippen LogP contribution in [0.2, 0.25) is 0 Å². The summed E-state index contributed by atoms with van der Waals surface area (Å²) in [4.78, 5) is 11.4. The molecule has 0 saturated carbocycles. The van der Waals surface area contributed by atoms with Crippen molar-refractivity contribution in [1.82, 2.24) is 0 Å². The molecule has 0 aromatic carbocycles. The first-order chi connectivity index (χ1) is 7.36. The van der Waals surface area contributed by atoms with E-state index in [0.717, 1.165) is 32.1 Å². The van der Waals surface area contributed by atoms with Crippen LogP contribution < -0.4 is 0 Å². The molecule has 15 heavy (non-hydrogen) atoms. The van der Waals surface area contributed by atoms with E-state index in [1.807, 2.05) is 6.08 Å². The van der Waals surface area contributed by atoms with Gasteiger partial charge in [-0.3, -0.25) is 4.79 Å². The molecule has 0 heterocycles. The standard InChI is InChI=1S/C14H19O/c15-14-10-6-9-13(11-14)12-7-4-2-1-3-5-8-12/h11H,1-7,9-10H2. The van der Waals surface area contributed by atoms with Crippen molar-refractivity contribution in [2.75, 3.05) is 0 Å². The normalized spacial score (nSPS) is 27.3. The van der Waals surface area contributed by atoms with E-state index in [0.29, 0.717) is 5.78 Å². The second kappa shape index (κ2) is 5.29. The summed E-state index contributed by atoms with van der Waals surface area (Å²) in [6.07, 6.45) is 15.7. The molecule has 0 spiro atoms. The van der Waals surface area contributed by atoms with E-state index in [-0.39, 0.29) is 0 Å². The average Bonchev–Trinajstić information content (AvgIpc) is 2.16. The van der Waals surface area contributed by atoms with Crippen LogP contribution in [0.5, 0.6) is 0 Å². The van der Waals surface area contributed by atoms with Gasteiger partial charge in [0.1, 0.15) is 0 Å². The highest BCUT2D eigenvalue weighted by Gasteiger charge is 2.14. The molecule has 0 aliphatic heterocycles. The van der Waals surface area contributed by atoms with E-state index in [4.69, 9.17) is 0 Å². The molecule has 0 aromatic heterocycles. The van der Waals surface area contributed by atoms with Crippen LogP contribution in [0.25, 0.3) is 0 Å². The molecule has 2 aliphatic rings. The zero-order valence-electron chi connectivity index (χ0n) is 9.35. The number of ketones is 1. The van der Waals surface area contributed by atoms with Gasteiger partial charge in [-0.25, -0.2) is 0 Å². The highest BCUT2D eigenvalue weighted by molar-refractivity contribution is 5.91. The first kappa shape index (κ1) is 10.7. The van der Waals surface area contributed by atoms with E-state index in [1.54, 1.807) is 0 Å². The van der Waals surface area contributed by atoms with Crippen molar-refractivity contribution in [2.24, 2.45) is 0 Å². The molecule has 1 nitrogen and oxygen atoms in total. The van der Waals surface area contributed by atoms with Crippen molar-refractivity contribution < 1.29 is 4.79 Å². The smallest absolute Gasteiger partial charge is 0.155 e. The Morgan fingerprint density at radius 1 is 0.933 bits per heavy atom. The second-order valence-corrected chi connectivity index (χ2v) is 4.56. The number of rotatable bonds is 1. The van der Waals surface area contributed by atoms with Crippen molar-refractivity contribution in [3.63, 3.8) is 0 Å². The average molecular weight is 203 g/mol. The molecular formula is C14H19O. The van der Waals surface area contributed by atoms with Gasteiger partial charge in [0.15, 0.2) is 5.78 Å². The predicted octanol–water partition coefficient (Wildman–Crippen LogP) is 3.75. The maximum atomic E-state index is 11.4. The van der Waals surface area contributed by atoms with Crippen LogP contribution in [0.1, 0.15) is 57.8 Å². The molecule has 0 amide bonds. The highest BCUT2D eigenvalue weighted by Crippen LogP contribution is 2.28. The van der Waals surface area contributed by atoms with Crippen LogP contribution in [-0.2, 0) is 4.79 Å². The van der Waals surface area contributed by atoms with E-state index >= 15 is 0 Å². The molecule has 1 radical (unpaired) electrons. The zero-order valence-corrected chi connectivity index (χ0v) is 9.35. The van der Waals surface area contributed by atoms with Gasteiger partial charge in [0, 0.05) is 6.42 Å². The number of hydrogen-bond acceptors (Lipinski definition) is 1. The molecule has 0 fully saturated rings. The molecule has 0 saturated heterocycles. The lowest BCUT2D eigenvalue weighted by atomic mass is 9.88.